The van der Waals surface area contributed by atoms with Gasteiger partial charge in [-0.1, -0.05) is 0 Å². The normalized spacial score (nSPS) is 31.8. The van der Waals surface area contributed by atoms with Crippen LogP contribution in [-0.4, -0.2) is 55.0 Å². The van der Waals surface area contributed by atoms with Gasteiger partial charge in [0.05, 0.1) is 13.2 Å². The van der Waals surface area contributed by atoms with Crippen LogP contribution in [0.5, 0.6) is 0 Å². The molecule has 0 radical (unpaired) electrons. The number of nitrogens with zero attached hydrogens (tertiary/aromatic N) is 1. The van der Waals surface area contributed by atoms with Gasteiger partial charge in [0.2, 0.25) is 0 Å². The largest absolute Gasteiger partial charge is 0.442 e. The number of hydrogen-bond donors (Lipinski definition) is 2. The van der Waals surface area contributed by atoms with Gasteiger partial charge < -0.3 is 20.1 Å². The van der Waals surface area contributed by atoms with Gasteiger partial charge in [-0.2, -0.15) is 0 Å². The average molecular weight is 214 g/mol. The van der Waals surface area contributed by atoms with E-state index in [4.69, 9.17) is 9.84 Å². The lowest BCUT2D eigenvalue weighted by atomic mass is 9.99. The SMILES string of the molecule is O=C1O[C@@H](CO)CN1CC1CCCNC1. The van der Waals surface area contributed by atoms with E-state index in [-0.39, 0.29) is 18.8 Å². The Hall–Kier alpha value is -0.810. The number of rotatable bonds is 3. The Morgan fingerprint density at radius 1 is 1.60 bits per heavy atom. The van der Waals surface area contributed by atoms with Crippen molar-refractivity contribution in [3.8, 4) is 0 Å². The Kier molecular flexibility index (Phi) is 3.43. The maximum Gasteiger partial charge on any atom is 0.410 e. The van der Waals surface area contributed by atoms with E-state index in [1.54, 1.807) is 4.90 Å². The molecule has 2 saturated heterocycles. The van der Waals surface area contributed by atoms with Crippen molar-refractivity contribution >= 4 is 6.09 Å². The van der Waals surface area contributed by atoms with Gasteiger partial charge in [0, 0.05) is 6.54 Å². The zero-order valence-electron chi connectivity index (χ0n) is 8.82. The van der Waals surface area contributed by atoms with Gasteiger partial charge >= 0.3 is 6.09 Å². The van der Waals surface area contributed by atoms with Crippen LogP contribution in [0.4, 0.5) is 4.79 Å². The number of carbonyl (C=O) groups is 1. The Labute approximate surface area is 89.4 Å². The number of piperidine rings is 1. The van der Waals surface area contributed by atoms with Crippen LogP contribution in [0.25, 0.3) is 0 Å². The van der Waals surface area contributed by atoms with Gasteiger partial charge in [0.1, 0.15) is 6.10 Å². The number of amides is 1. The maximum atomic E-state index is 11.4. The molecule has 1 amide bonds. The first-order chi connectivity index (χ1) is 7.29. The minimum Gasteiger partial charge on any atom is -0.442 e. The topological polar surface area (TPSA) is 61.8 Å². The summed E-state index contributed by atoms with van der Waals surface area (Å²) in [5.74, 6) is 0.531. The molecule has 2 fully saturated rings. The van der Waals surface area contributed by atoms with E-state index in [2.05, 4.69) is 5.32 Å². The second-order valence-corrected chi connectivity index (χ2v) is 4.31. The molecule has 0 aromatic rings. The van der Waals surface area contributed by atoms with E-state index in [1.165, 1.54) is 12.8 Å². The smallest absolute Gasteiger partial charge is 0.410 e. The molecule has 2 atom stereocenters. The van der Waals surface area contributed by atoms with E-state index < -0.39 is 0 Å². The summed E-state index contributed by atoms with van der Waals surface area (Å²) in [6, 6.07) is 0. The predicted molar refractivity (Wildman–Crippen MR) is 54.5 cm³/mol. The van der Waals surface area contributed by atoms with Crippen LogP contribution in [0.3, 0.4) is 0 Å². The second-order valence-electron chi connectivity index (χ2n) is 4.31. The third kappa shape index (κ3) is 2.60. The molecular formula is C10H18N2O3. The lowest BCUT2D eigenvalue weighted by molar-refractivity contribution is 0.0944. The van der Waals surface area contributed by atoms with E-state index in [1.807, 2.05) is 0 Å². The van der Waals surface area contributed by atoms with Crippen LogP contribution in [0.15, 0.2) is 0 Å². The highest BCUT2D eigenvalue weighted by atomic mass is 16.6. The lowest BCUT2D eigenvalue weighted by Gasteiger charge is -2.26. The first-order valence-corrected chi connectivity index (χ1v) is 5.56. The van der Waals surface area contributed by atoms with Crippen LogP contribution in [0.2, 0.25) is 0 Å². The van der Waals surface area contributed by atoms with Crippen LogP contribution < -0.4 is 5.32 Å². The van der Waals surface area contributed by atoms with Gasteiger partial charge in [-0.15, -0.1) is 0 Å². The van der Waals surface area contributed by atoms with Gasteiger partial charge in [-0.25, -0.2) is 4.79 Å². The molecule has 0 aliphatic carbocycles. The predicted octanol–water partition coefficient (Wildman–Crippen LogP) is -0.201. The molecule has 0 bridgehead atoms. The number of hydrogen-bond acceptors (Lipinski definition) is 4. The van der Waals surface area contributed by atoms with E-state index in [9.17, 15) is 4.79 Å². The summed E-state index contributed by atoms with van der Waals surface area (Å²) in [7, 11) is 0. The monoisotopic (exact) mass is 214 g/mol. The van der Waals surface area contributed by atoms with Crippen molar-refractivity contribution in [3.05, 3.63) is 0 Å². The molecule has 2 heterocycles. The highest BCUT2D eigenvalue weighted by Gasteiger charge is 2.32. The molecule has 2 rings (SSSR count). The summed E-state index contributed by atoms with van der Waals surface area (Å²) in [4.78, 5) is 13.1. The Bertz CT molecular complexity index is 229. The van der Waals surface area contributed by atoms with Crippen LogP contribution >= 0.6 is 0 Å². The number of carbonyl (C=O) groups excluding carboxylic acids is 1. The fourth-order valence-corrected chi connectivity index (χ4v) is 2.21. The zero-order valence-corrected chi connectivity index (χ0v) is 8.82. The molecule has 0 spiro atoms. The summed E-state index contributed by atoms with van der Waals surface area (Å²) in [5, 5.41) is 12.2. The number of aliphatic hydroxyl groups excluding tert-OH is 1. The summed E-state index contributed by atoms with van der Waals surface area (Å²) in [5.41, 5.74) is 0. The standard InChI is InChI=1S/C10H18N2O3/c13-7-9-6-12(10(14)15-9)5-8-2-1-3-11-4-8/h8-9,11,13H,1-7H2/t8?,9-/m1/s1. The molecule has 5 heteroatoms. The minimum atomic E-state index is -0.325. The Morgan fingerprint density at radius 2 is 2.47 bits per heavy atom. The summed E-state index contributed by atoms with van der Waals surface area (Å²) in [6.45, 7) is 3.27. The summed E-state index contributed by atoms with van der Waals surface area (Å²) < 4.78 is 4.98. The van der Waals surface area contributed by atoms with E-state index in [0.29, 0.717) is 12.5 Å². The highest BCUT2D eigenvalue weighted by Crippen LogP contribution is 2.17. The van der Waals surface area contributed by atoms with Crippen molar-refractivity contribution in [2.24, 2.45) is 5.92 Å². The Morgan fingerprint density at radius 3 is 3.07 bits per heavy atom. The van der Waals surface area contributed by atoms with Crippen LogP contribution in [-0.2, 0) is 4.74 Å². The number of ether oxygens (including phenoxy) is 1. The molecule has 2 aliphatic rings. The van der Waals surface area contributed by atoms with Crippen LogP contribution in [0, 0.1) is 5.92 Å². The van der Waals surface area contributed by atoms with Crippen molar-refractivity contribution in [1.29, 1.82) is 0 Å². The molecule has 5 nitrogen and oxygen atoms in total. The summed E-state index contributed by atoms with van der Waals surface area (Å²) in [6.07, 6.45) is 1.74. The van der Waals surface area contributed by atoms with Gasteiger partial charge in [0.15, 0.2) is 0 Å². The first-order valence-electron chi connectivity index (χ1n) is 5.56. The number of nitrogens with one attached hydrogen (secondary N) is 1. The number of cyclic esters (lactones) is 1. The van der Waals surface area contributed by atoms with Gasteiger partial charge in [-0.3, -0.25) is 0 Å². The van der Waals surface area contributed by atoms with Crippen molar-refractivity contribution in [3.63, 3.8) is 0 Å². The number of aliphatic hydroxyl groups is 1. The molecule has 2 N–H and O–H groups in total. The second kappa shape index (κ2) is 4.81. The Balaban J connectivity index is 1.81. The molecule has 2 aliphatic heterocycles. The fraction of sp³-hybridized carbons (Fsp3) is 0.900. The maximum absolute atomic E-state index is 11.4. The molecule has 0 aromatic heterocycles. The van der Waals surface area contributed by atoms with Crippen molar-refractivity contribution in [2.45, 2.75) is 18.9 Å². The van der Waals surface area contributed by atoms with Crippen molar-refractivity contribution in [2.75, 3.05) is 32.8 Å². The molecule has 86 valence electrons. The van der Waals surface area contributed by atoms with E-state index in [0.717, 1.165) is 19.6 Å². The molecule has 1 unspecified atom stereocenters. The van der Waals surface area contributed by atoms with Crippen molar-refractivity contribution in [1.82, 2.24) is 10.2 Å². The highest BCUT2D eigenvalue weighted by molar-refractivity contribution is 5.69. The van der Waals surface area contributed by atoms with Crippen molar-refractivity contribution < 1.29 is 14.6 Å². The first kappa shape index (κ1) is 10.7. The fourth-order valence-electron chi connectivity index (χ4n) is 2.21. The third-order valence-electron chi connectivity index (χ3n) is 3.03. The quantitative estimate of drug-likeness (QED) is 0.683. The lowest BCUT2D eigenvalue weighted by Crippen LogP contribution is -2.39. The minimum absolute atomic E-state index is 0.0782. The van der Waals surface area contributed by atoms with Gasteiger partial charge in [0.25, 0.3) is 0 Å². The van der Waals surface area contributed by atoms with Gasteiger partial charge in [-0.05, 0) is 31.8 Å². The summed E-state index contributed by atoms with van der Waals surface area (Å²) >= 11 is 0. The average Bonchev–Trinajstić information content (AvgIpc) is 2.61. The molecule has 0 saturated carbocycles. The van der Waals surface area contributed by atoms with Crippen LogP contribution in [0.1, 0.15) is 12.8 Å². The molecule has 15 heavy (non-hydrogen) atoms. The molecule has 0 aromatic carbocycles. The molecular weight excluding hydrogens is 196 g/mol. The van der Waals surface area contributed by atoms with E-state index >= 15 is 0 Å². The third-order valence-corrected chi connectivity index (χ3v) is 3.03. The zero-order chi connectivity index (χ0) is 10.7.